The van der Waals surface area contributed by atoms with Gasteiger partial charge in [0.15, 0.2) is 17.5 Å². The Kier molecular flexibility index (Phi) is 6.99. The van der Waals surface area contributed by atoms with Crippen LogP contribution in [0, 0.1) is 52.8 Å². The third-order valence-electron chi connectivity index (χ3n) is 5.28. The minimum Gasteiger partial charge on any atom is -0.206 e. The van der Waals surface area contributed by atoms with Gasteiger partial charge in [-0.05, 0) is 78.4 Å². The Bertz CT molecular complexity index is 1540. The molecule has 0 bridgehead atoms. The highest BCUT2D eigenvalue weighted by Gasteiger charge is 2.13. The third-order valence-corrected chi connectivity index (χ3v) is 5.28. The van der Waals surface area contributed by atoms with Gasteiger partial charge in [-0.25, -0.2) is 22.0 Å². The van der Waals surface area contributed by atoms with Crippen LogP contribution in [0.15, 0.2) is 73.3 Å². The number of allylic oxidation sites excluding steroid dienone is 1. The number of aryl methyl sites for hydroxylation is 1. The van der Waals surface area contributed by atoms with Gasteiger partial charge in [-0.1, -0.05) is 35.8 Å². The number of benzene rings is 4. The maximum atomic E-state index is 14.3. The van der Waals surface area contributed by atoms with Crippen molar-refractivity contribution in [1.82, 2.24) is 0 Å². The molecule has 0 atom stereocenters. The Morgan fingerprint density at radius 1 is 0.629 bits per heavy atom. The van der Waals surface area contributed by atoms with Crippen LogP contribution in [0.25, 0.3) is 10.8 Å². The minimum atomic E-state index is -1.51. The minimum absolute atomic E-state index is 0.0309. The first kappa shape index (κ1) is 23.8. The molecule has 0 nitrogen and oxygen atoms in total. The Balaban J connectivity index is 1.52. The molecule has 0 heterocycles. The van der Waals surface area contributed by atoms with Gasteiger partial charge in [0.2, 0.25) is 0 Å². The molecule has 0 unspecified atom stereocenters. The molecule has 4 rings (SSSR count). The molecule has 0 amide bonds. The zero-order chi connectivity index (χ0) is 24.9. The van der Waals surface area contributed by atoms with E-state index in [-0.39, 0.29) is 16.3 Å². The first-order chi connectivity index (χ1) is 16.9. The molecule has 0 aliphatic rings. The van der Waals surface area contributed by atoms with Crippen molar-refractivity contribution in [3.63, 3.8) is 0 Å². The van der Waals surface area contributed by atoms with Crippen LogP contribution in [0.3, 0.4) is 0 Å². The summed E-state index contributed by atoms with van der Waals surface area (Å²) in [4.78, 5) is 0. The van der Waals surface area contributed by atoms with Crippen LogP contribution in [-0.4, -0.2) is 0 Å². The van der Waals surface area contributed by atoms with Crippen molar-refractivity contribution in [2.75, 3.05) is 0 Å². The second kappa shape index (κ2) is 10.3. The van der Waals surface area contributed by atoms with Crippen molar-refractivity contribution in [3.05, 3.63) is 130 Å². The van der Waals surface area contributed by atoms with Crippen LogP contribution in [-0.2, 0) is 6.42 Å². The summed E-state index contributed by atoms with van der Waals surface area (Å²) in [6.45, 7) is 3.60. The largest absolute Gasteiger partial charge is 0.206 e. The number of hydrogen-bond donors (Lipinski definition) is 0. The van der Waals surface area contributed by atoms with Crippen molar-refractivity contribution in [2.45, 2.75) is 12.8 Å². The van der Waals surface area contributed by atoms with Crippen LogP contribution in [0.2, 0.25) is 0 Å². The average Bonchev–Trinajstić information content (AvgIpc) is 2.85. The van der Waals surface area contributed by atoms with Crippen molar-refractivity contribution in [3.8, 4) is 23.7 Å². The molecule has 0 saturated heterocycles. The summed E-state index contributed by atoms with van der Waals surface area (Å²) >= 11 is 0. The molecule has 4 aromatic carbocycles. The molecule has 0 aliphatic heterocycles. The first-order valence-corrected chi connectivity index (χ1v) is 10.7. The fourth-order valence-corrected chi connectivity index (χ4v) is 3.46. The van der Waals surface area contributed by atoms with E-state index in [1.165, 1.54) is 30.3 Å². The molecule has 4 aromatic rings. The fourth-order valence-electron chi connectivity index (χ4n) is 3.46. The summed E-state index contributed by atoms with van der Waals surface area (Å²) in [6.07, 6.45) is 2.81. The van der Waals surface area contributed by atoms with E-state index >= 15 is 0 Å². The van der Waals surface area contributed by atoms with Crippen LogP contribution in [0.1, 0.15) is 34.2 Å². The lowest BCUT2D eigenvalue weighted by molar-refractivity contribution is 0.453. The monoisotopic (exact) mass is 472 g/mol. The first-order valence-electron chi connectivity index (χ1n) is 10.7. The highest BCUT2D eigenvalue weighted by Crippen LogP contribution is 2.24. The Hall–Kier alpha value is -4.35. The van der Waals surface area contributed by atoms with Crippen LogP contribution >= 0.6 is 0 Å². The van der Waals surface area contributed by atoms with Gasteiger partial charge in [-0.3, -0.25) is 0 Å². The maximum absolute atomic E-state index is 14.3. The van der Waals surface area contributed by atoms with Crippen molar-refractivity contribution in [2.24, 2.45) is 0 Å². The van der Waals surface area contributed by atoms with Crippen LogP contribution in [0.5, 0.6) is 0 Å². The second-order valence-electron chi connectivity index (χ2n) is 7.76. The molecule has 0 saturated carbocycles. The van der Waals surface area contributed by atoms with Gasteiger partial charge in [-0.15, -0.1) is 6.58 Å². The van der Waals surface area contributed by atoms with Crippen molar-refractivity contribution < 1.29 is 22.0 Å². The van der Waals surface area contributed by atoms with E-state index in [4.69, 9.17) is 0 Å². The highest BCUT2D eigenvalue weighted by atomic mass is 19.2. The summed E-state index contributed by atoms with van der Waals surface area (Å²) in [5.41, 5.74) is 1.93. The number of halogens is 5. The van der Waals surface area contributed by atoms with E-state index in [0.29, 0.717) is 35.1 Å². The Labute approximate surface area is 199 Å². The molecule has 35 heavy (non-hydrogen) atoms. The van der Waals surface area contributed by atoms with Crippen molar-refractivity contribution in [1.29, 1.82) is 0 Å². The molecular weight excluding hydrogens is 455 g/mol. The summed E-state index contributed by atoms with van der Waals surface area (Å²) < 4.78 is 69.3. The lowest BCUT2D eigenvalue weighted by Gasteiger charge is -2.03. The molecular formula is C30H17F5. The van der Waals surface area contributed by atoms with Gasteiger partial charge < -0.3 is 0 Å². The molecule has 0 N–H and O–H groups in total. The van der Waals surface area contributed by atoms with Crippen LogP contribution in [0.4, 0.5) is 22.0 Å². The van der Waals surface area contributed by atoms with E-state index in [9.17, 15) is 22.0 Å². The fraction of sp³-hybridized carbons (Fsp3) is 0.0667. The normalized spacial score (nSPS) is 10.3. The average molecular weight is 472 g/mol. The van der Waals surface area contributed by atoms with E-state index < -0.39 is 29.1 Å². The van der Waals surface area contributed by atoms with E-state index in [2.05, 4.69) is 30.3 Å². The molecule has 172 valence electrons. The number of fused-ring (bicyclic) bond motifs is 1. The van der Waals surface area contributed by atoms with E-state index in [1.54, 1.807) is 30.3 Å². The third kappa shape index (κ3) is 5.42. The predicted octanol–water partition coefficient (Wildman–Crippen LogP) is 7.45. The van der Waals surface area contributed by atoms with Gasteiger partial charge in [-0.2, -0.15) is 0 Å². The lowest BCUT2D eigenvalue weighted by atomic mass is 10.0. The summed E-state index contributed by atoms with van der Waals surface area (Å²) in [6, 6.07) is 14.5. The summed E-state index contributed by atoms with van der Waals surface area (Å²) in [7, 11) is 0. The molecule has 5 heteroatoms. The zero-order valence-corrected chi connectivity index (χ0v) is 18.4. The van der Waals surface area contributed by atoms with Gasteiger partial charge >= 0.3 is 0 Å². The Morgan fingerprint density at radius 3 is 1.83 bits per heavy atom. The number of rotatable bonds is 3. The summed E-state index contributed by atoms with van der Waals surface area (Å²) in [5.74, 6) is 5.67. The van der Waals surface area contributed by atoms with Crippen LogP contribution < -0.4 is 0 Å². The van der Waals surface area contributed by atoms with Gasteiger partial charge in [0.1, 0.15) is 11.6 Å². The predicted molar refractivity (Wildman–Crippen MR) is 127 cm³/mol. The lowest BCUT2D eigenvalue weighted by Crippen LogP contribution is -1.95. The molecule has 0 aliphatic carbocycles. The second-order valence-corrected chi connectivity index (χ2v) is 7.76. The molecule has 0 aromatic heterocycles. The summed E-state index contributed by atoms with van der Waals surface area (Å²) in [5, 5.41) is 0.170. The van der Waals surface area contributed by atoms with Gasteiger partial charge in [0, 0.05) is 22.1 Å². The van der Waals surface area contributed by atoms with Crippen molar-refractivity contribution >= 4 is 10.8 Å². The SMILES string of the molecule is C=CCCc1cc(F)c(C#Cc2ccc(C#Cc3ccc4c(F)c(F)c(F)cc4c3)cc2)c(F)c1. The topological polar surface area (TPSA) is 0 Å². The van der Waals surface area contributed by atoms with Gasteiger partial charge in [0.05, 0.1) is 5.56 Å². The zero-order valence-electron chi connectivity index (χ0n) is 18.4. The number of hydrogen-bond acceptors (Lipinski definition) is 0. The standard InChI is InChI=1S/C30H17F5/c1-2-3-4-22-16-26(31)25(27(32)17-22)14-11-20-7-5-19(6-8-20)9-10-21-12-13-24-23(15-21)18-28(33)30(35)29(24)34/h2,5-8,12-13,15-18H,1,3-4H2. The Morgan fingerprint density at radius 2 is 1.20 bits per heavy atom. The molecule has 0 fully saturated rings. The van der Waals surface area contributed by atoms with E-state index in [0.717, 1.165) is 6.07 Å². The molecule has 0 spiro atoms. The smallest absolute Gasteiger partial charge is 0.195 e. The van der Waals surface area contributed by atoms with Gasteiger partial charge in [0.25, 0.3) is 0 Å². The molecule has 0 radical (unpaired) electrons. The van der Waals surface area contributed by atoms with E-state index in [1.807, 2.05) is 0 Å². The maximum Gasteiger partial charge on any atom is 0.195 e. The highest BCUT2D eigenvalue weighted by molar-refractivity contribution is 5.84. The quantitative estimate of drug-likeness (QED) is 0.126.